The topological polar surface area (TPSA) is 37.4 Å². The predicted molar refractivity (Wildman–Crippen MR) is 85.8 cm³/mol. The molecule has 2 rings (SSSR count). The third-order valence-electron chi connectivity index (χ3n) is 2.78. The molecule has 0 aliphatic carbocycles. The monoisotopic (exact) mass is 349 g/mol. The molecule has 0 spiro atoms. The fraction of sp³-hybridized carbons (Fsp3) is 0.385. The van der Waals surface area contributed by atoms with Crippen molar-refractivity contribution >= 4 is 57.7 Å². The molecule has 1 saturated heterocycles. The number of rotatable bonds is 4. The summed E-state index contributed by atoms with van der Waals surface area (Å²) in [6.07, 6.45) is 0. The SMILES string of the molecule is CC(=O)SC1CN(C(=O)CSc2cc(Cl)ccc2Cl)C1. The third kappa shape index (κ3) is 4.32. The van der Waals surface area contributed by atoms with E-state index in [4.69, 9.17) is 23.2 Å². The number of benzene rings is 1. The van der Waals surface area contributed by atoms with Gasteiger partial charge in [0.05, 0.1) is 10.8 Å². The van der Waals surface area contributed by atoms with Crippen LogP contribution >= 0.6 is 46.7 Å². The van der Waals surface area contributed by atoms with Gasteiger partial charge < -0.3 is 4.90 Å². The summed E-state index contributed by atoms with van der Waals surface area (Å²) in [5.74, 6) is 0.392. The zero-order valence-electron chi connectivity index (χ0n) is 10.8. The average molecular weight is 350 g/mol. The van der Waals surface area contributed by atoms with Crippen molar-refractivity contribution < 1.29 is 9.59 Å². The molecule has 0 bridgehead atoms. The molecule has 3 nitrogen and oxygen atoms in total. The maximum atomic E-state index is 12.0. The van der Waals surface area contributed by atoms with Crippen molar-refractivity contribution in [2.45, 2.75) is 17.1 Å². The molecule has 0 saturated carbocycles. The number of carbonyl (C=O) groups is 2. The van der Waals surface area contributed by atoms with Crippen LogP contribution < -0.4 is 0 Å². The van der Waals surface area contributed by atoms with Gasteiger partial charge in [-0.3, -0.25) is 9.59 Å². The van der Waals surface area contributed by atoms with Gasteiger partial charge >= 0.3 is 0 Å². The molecule has 1 aromatic rings. The Morgan fingerprint density at radius 3 is 2.70 bits per heavy atom. The molecule has 0 N–H and O–H groups in total. The lowest BCUT2D eigenvalue weighted by molar-refractivity contribution is -0.131. The Morgan fingerprint density at radius 2 is 2.05 bits per heavy atom. The zero-order valence-corrected chi connectivity index (χ0v) is 13.9. The van der Waals surface area contributed by atoms with Crippen molar-refractivity contribution in [1.29, 1.82) is 0 Å². The quantitative estimate of drug-likeness (QED) is 0.778. The maximum absolute atomic E-state index is 12.0. The summed E-state index contributed by atoms with van der Waals surface area (Å²) in [6, 6.07) is 5.20. The lowest BCUT2D eigenvalue weighted by atomic mass is 10.2. The van der Waals surface area contributed by atoms with Gasteiger partial charge in [-0.25, -0.2) is 0 Å². The average Bonchev–Trinajstić information content (AvgIpc) is 2.33. The van der Waals surface area contributed by atoms with Crippen molar-refractivity contribution in [1.82, 2.24) is 4.90 Å². The van der Waals surface area contributed by atoms with E-state index >= 15 is 0 Å². The molecule has 0 unspecified atom stereocenters. The number of hydrogen-bond donors (Lipinski definition) is 0. The Hall–Kier alpha value is -0.360. The normalized spacial score (nSPS) is 15.1. The van der Waals surface area contributed by atoms with Gasteiger partial charge in [0.25, 0.3) is 0 Å². The van der Waals surface area contributed by atoms with Crippen molar-refractivity contribution in [2.75, 3.05) is 18.8 Å². The van der Waals surface area contributed by atoms with E-state index in [1.807, 2.05) is 0 Å². The van der Waals surface area contributed by atoms with Crippen molar-refractivity contribution in [2.24, 2.45) is 0 Å². The van der Waals surface area contributed by atoms with E-state index < -0.39 is 0 Å². The predicted octanol–water partition coefficient (Wildman–Crippen LogP) is 3.58. The van der Waals surface area contributed by atoms with E-state index in [-0.39, 0.29) is 16.3 Å². The van der Waals surface area contributed by atoms with Gasteiger partial charge in [-0.05, 0) is 18.2 Å². The standard InChI is InChI=1S/C13H13Cl2NO2S2/c1-8(17)20-10-5-16(6-10)13(18)7-19-12-4-9(14)2-3-11(12)15/h2-4,10H,5-7H2,1H3. The molecule has 1 amide bonds. The van der Waals surface area contributed by atoms with Crippen LogP contribution in [0, 0.1) is 0 Å². The fourth-order valence-corrected chi connectivity index (χ4v) is 4.14. The first-order valence-corrected chi connectivity index (χ1v) is 8.60. The molecule has 1 fully saturated rings. The van der Waals surface area contributed by atoms with Gasteiger partial charge in [0.1, 0.15) is 0 Å². The second-order valence-electron chi connectivity index (χ2n) is 4.39. The summed E-state index contributed by atoms with van der Waals surface area (Å²) in [4.78, 5) is 25.5. The number of hydrogen-bond acceptors (Lipinski definition) is 4. The first-order chi connectivity index (χ1) is 9.45. The van der Waals surface area contributed by atoms with E-state index in [1.54, 1.807) is 30.0 Å². The van der Waals surface area contributed by atoms with Gasteiger partial charge in [-0.15, -0.1) is 11.8 Å². The molecular formula is C13H13Cl2NO2S2. The van der Waals surface area contributed by atoms with Crippen LogP contribution in [0.2, 0.25) is 10.0 Å². The fourth-order valence-electron chi connectivity index (χ4n) is 1.77. The molecule has 0 aromatic heterocycles. The molecule has 108 valence electrons. The van der Waals surface area contributed by atoms with Crippen LogP contribution in [-0.4, -0.2) is 40.0 Å². The van der Waals surface area contributed by atoms with Crippen LogP contribution in [0.15, 0.2) is 23.1 Å². The molecule has 0 radical (unpaired) electrons. The molecule has 7 heteroatoms. The molecule has 1 aromatic carbocycles. The number of likely N-dealkylation sites (tertiary alicyclic amines) is 1. The lowest BCUT2D eigenvalue weighted by Gasteiger charge is -2.38. The van der Waals surface area contributed by atoms with Crippen LogP contribution in [0.3, 0.4) is 0 Å². The highest BCUT2D eigenvalue weighted by molar-refractivity contribution is 8.14. The van der Waals surface area contributed by atoms with E-state index in [0.29, 0.717) is 28.9 Å². The van der Waals surface area contributed by atoms with E-state index in [2.05, 4.69) is 0 Å². The van der Waals surface area contributed by atoms with Crippen molar-refractivity contribution in [3.63, 3.8) is 0 Å². The van der Waals surface area contributed by atoms with Gasteiger partial charge in [0, 0.05) is 35.2 Å². The summed E-state index contributed by atoms with van der Waals surface area (Å²) < 4.78 is 0. The lowest BCUT2D eigenvalue weighted by Crippen LogP contribution is -2.53. The van der Waals surface area contributed by atoms with Gasteiger partial charge in [0.2, 0.25) is 5.91 Å². The molecule has 1 aliphatic heterocycles. The van der Waals surface area contributed by atoms with Crippen LogP contribution in [0.25, 0.3) is 0 Å². The van der Waals surface area contributed by atoms with E-state index in [0.717, 1.165) is 4.90 Å². The number of halogens is 2. The Balaban J connectivity index is 1.79. The summed E-state index contributed by atoms with van der Waals surface area (Å²) in [7, 11) is 0. The minimum absolute atomic E-state index is 0.0615. The number of carbonyl (C=O) groups excluding carboxylic acids is 2. The molecule has 1 heterocycles. The summed E-state index contributed by atoms with van der Waals surface area (Å²) in [6.45, 7) is 2.84. The van der Waals surface area contributed by atoms with Crippen molar-refractivity contribution in [3.8, 4) is 0 Å². The van der Waals surface area contributed by atoms with Crippen molar-refractivity contribution in [3.05, 3.63) is 28.2 Å². The highest BCUT2D eigenvalue weighted by Gasteiger charge is 2.31. The number of amides is 1. The summed E-state index contributed by atoms with van der Waals surface area (Å²) in [5, 5.41) is 1.55. The molecule has 1 aliphatic rings. The van der Waals surface area contributed by atoms with Gasteiger partial charge in [0.15, 0.2) is 5.12 Å². The van der Waals surface area contributed by atoms with Gasteiger partial charge in [-0.1, -0.05) is 35.0 Å². The van der Waals surface area contributed by atoms with Crippen LogP contribution in [-0.2, 0) is 9.59 Å². The van der Waals surface area contributed by atoms with Crippen LogP contribution in [0.5, 0.6) is 0 Å². The summed E-state index contributed by atoms with van der Waals surface area (Å²) >= 11 is 14.6. The minimum Gasteiger partial charge on any atom is -0.340 e. The van der Waals surface area contributed by atoms with E-state index in [1.165, 1.54) is 23.5 Å². The maximum Gasteiger partial charge on any atom is 0.233 e. The highest BCUT2D eigenvalue weighted by Crippen LogP contribution is 2.31. The number of nitrogens with zero attached hydrogens (tertiary/aromatic N) is 1. The molecular weight excluding hydrogens is 337 g/mol. The summed E-state index contributed by atoms with van der Waals surface area (Å²) in [5.41, 5.74) is 0. The Morgan fingerprint density at radius 1 is 1.35 bits per heavy atom. The minimum atomic E-state index is 0.0615. The second kappa shape index (κ2) is 7.07. The Kier molecular flexibility index (Phi) is 5.66. The van der Waals surface area contributed by atoms with E-state index in [9.17, 15) is 9.59 Å². The van der Waals surface area contributed by atoms with Gasteiger partial charge in [-0.2, -0.15) is 0 Å². The molecule has 0 atom stereocenters. The smallest absolute Gasteiger partial charge is 0.233 e. The Bertz CT molecular complexity index is 533. The first-order valence-electron chi connectivity index (χ1n) is 5.98. The largest absolute Gasteiger partial charge is 0.340 e. The second-order valence-corrected chi connectivity index (χ2v) is 7.73. The first kappa shape index (κ1) is 16.0. The zero-order chi connectivity index (χ0) is 14.7. The number of thioether (sulfide) groups is 2. The van der Waals surface area contributed by atoms with Crippen LogP contribution in [0.4, 0.5) is 0 Å². The highest BCUT2D eigenvalue weighted by atomic mass is 35.5. The van der Waals surface area contributed by atoms with Crippen LogP contribution in [0.1, 0.15) is 6.92 Å². The Labute approximate surface area is 136 Å². The third-order valence-corrected chi connectivity index (χ3v) is 5.46. The molecule has 20 heavy (non-hydrogen) atoms.